The van der Waals surface area contributed by atoms with Gasteiger partial charge in [0.2, 0.25) is 5.88 Å². The zero-order chi connectivity index (χ0) is 22.1. The molecule has 0 aliphatic carbocycles. The van der Waals surface area contributed by atoms with Crippen molar-refractivity contribution < 1.29 is 14.3 Å². The molecule has 0 bridgehead atoms. The first-order chi connectivity index (χ1) is 14.2. The number of ether oxygens (including phenoxy) is 2. The highest BCUT2D eigenvalue weighted by atomic mass is 79.9. The summed E-state index contributed by atoms with van der Waals surface area (Å²) in [5.74, 6) is 1.21. The highest BCUT2D eigenvalue weighted by molar-refractivity contribution is 9.10. The average molecular weight is 515 g/mol. The number of aryl methyl sites for hydroxylation is 1. The molecular weight excluding hydrogens is 486 g/mol. The van der Waals surface area contributed by atoms with E-state index in [2.05, 4.69) is 45.5 Å². The molecule has 6 nitrogen and oxygen atoms in total. The Balaban J connectivity index is 0.000000269. The van der Waals surface area contributed by atoms with E-state index in [-0.39, 0.29) is 6.07 Å². The molecule has 0 unspecified atom stereocenters. The first kappa shape index (κ1) is 24.7. The number of hydrogen-bond acceptors (Lipinski definition) is 5. The minimum atomic E-state index is -1.12. The van der Waals surface area contributed by atoms with E-state index in [0.717, 1.165) is 27.1 Å². The molecule has 0 spiro atoms. The van der Waals surface area contributed by atoms with E-state index in [1.165, 1.54) is 0 Å². The number of hydrogen-bond donors (Lipinski definition) is 0. The first-order valence-corrected chi connectivity index (χ1v) is 14.7. The van der Waals surface area contributed by atoms with Crippen LogP contribution < -0.4 is 9.57 Å². The van der Waals surface area contributed by atoms with Crippen molar-refractivity contribution in [3.8, 4) is 5.88 Å². The van der Waals surface area contributed by atoms with Gasteiger partial charge in [-0.25, -0.2) is 4.98 Å². The molecule has 0 aliphatic rings. The maximum atomic E-state index is 5.86. The number of aromatic nitrogens is 3. The molecule has 30 heavy (non-hydrogen) atoms. The van der Waals surface area contributed by atoms with Crippen LogP contribution in [0.2, 0.25) is 25.7 Å². The first-order valence-electron chi connectivity index (χ1n) is 9.65. The number of rotatable bonds is 8. The number of alkyl halides is 1. The quantitative estimate of drug-likeness (QED) is 0.286. The van der Waals surface area contributed by atoms with E-state index in [0.29, 0.717) is 24.9 Å². The predicted octanol–water partition coefficient (Wildman–Crippen LogP) is 5.68. The second kappa shape index (κ2) is 11.7. The fourth-order valence-corrected chi connectivity index (χ4v) is 3.80. The molecule has 0 atom stereocenters. The summed E-state index contributed by atoms with van der Waals surface area (Å²) in [7, 11) is 0.491. The summed E-state index contributed by atoms with van der Waals surface area (Å²) in [6, 6.07) is 11.3. The Morgan fingerprint density at radius 1 is 1.13 bits per heavy atom. The Hall–Kier alpha value is -1.61. The van der Waals surface area contributed by atoms with Gasteiger partial charge in [-0.3, -0.25) is 0 Å². The van der Waals surface area contributed by atoms with Gasteiger partial charge in [0.25, 0.3) is 0 Å². The van der Waals surface area contributed by atoms with Gasteiger partial charge in [-0.15, -0.1) is 0 Å². The summed E-state index contributed by atoms with van der Waals surface area (Å²) in [5, 5.41) is 0. The van der Waals surface area contributed by atoms with Crippen LogP contribution in [0.3, 0.4) is 0 Å². The summed E-state index contributed by atoms with van der Waals surface area (Å²) in [6.07, 6.45) is 1.87. The Kier molecular flexibility index (Phi) is 9.61. The maximum absolute atomic E-state index is 5.86. The lowest BCUT2D eigenvalue weighted by molar-refractivity contribution is 0.130. The van der Waals surface area contributed by atoms with Crippen molar-refractivity contribution in [2.24, 2.45) is 0 Å². The van der Waals surface area contributed by atoms with Gasteiger partial charge in [0.05, 0.1) is 24.4 Å². The lowest BCUT2D eigenvalue weighted by Crippen LogP contribution is -2.25. The van der Waals surface area contributed by atoms with Crippen LogP contribution in [0.5, 0.6) is 5.88 Å². The molecule has 0 radical (unpaired) electrons. The zero-order valence-electron chi connectivity index (χ0n) is 18.1. The van der Waals surface area contributed by atoms with Crippen molar-refractivity contribution in [3.63, 3.8) is 0 Å². The number of benzene rings is 1. The van der Waals surface area contributed by atoms with Gasteiger partial charge in [0.1, 0.15) is 24.0 Å². The van der Waals surface area contributed by atoms with Crippen molar-refractivity contribution in [3.05, 3.63) is 52.4 Å². The van der Waals surface area contributed by atoms with Gasteiger partial charge in [0.15, 0.2) is 5.52 Å². The van der Waals surface area contributed by atoms with Crippen LogP contribution in [0.1, 0.15) is 11.4 Å². The molecule has 0 N–H and O–H groups in total. The molecule has 2 heterocycles. The third-order valence-electron chi connectivity index (χ3n) is 4.11. The number of nitrogens with zero attached hydrogens (tertiary/aromatic N) is 3. The summed E-state index contributed by atoms with van der Waals surface area (Å²) in [4.78, 5) is 14.6. The Morgan fingerprint density at radius 3 is 2.43 bits per heavy atom. The molecule has 0 saturated carbocycles. The average Bonchev–Trinajstić information content (AvgIpc) is 3.01. The van der Waals surface area contributed by atoms with Crippen LogP contribution in [0.15, 0.2) is 41.0 Å². The van der Waals surface area contributed by atoms with E-state index < -0.39 is 8.07 Å². The standard InChI is InChI=1S/C13H20BrN3O2Si.C8H9ClO/c1-9-15-11-10(14)8-17(12(11)13(16-9)18-2)19-6-7-20(3,4)5;9-7-10-6-8-4-2-1-3-5-8/h8H,6-7H2,1-5H3;1-5H,6-7H2. The summed E-state index contributed by atoms with van der Waals surface area (Å²) >= 11 is 8.84. The SMILES string of the molecule is COc1nc(C)nc2c(Br)cn(OCC[Si](C)(C)C)c12.ClCOCc1ccccc1. The highest BCUT2D eigenvalue weighted by Gasteiger charge is 2.18. The summed E-state index contributed by atoms with van der Waals surface area (Å²) in [6.45, 7) is 10.1. The summed E-state index contributed by atoms with van der Waals surface area (Å²) in [5.41, 5.74) is 2.73. The van der Waals surface area contributed by atoms with Crippen molar-refractivity contribution in [1.82, 2.24) is 14.7 Å². The molecule has 164 valence electrons. The minimum Gasteiger partial charge on any atom is -0.479 e. The second-order valence-electron chi connectivity index (χ2n) is 7.87. The van der Waals surface area contributed by atoms with Crippen LogP contribution in [-0.2, 0) is 11.3 Å². The fraction of sp³-hybridized carbons (Fsp3) is 0.429. The van der Waals surface area contributed by atoms with Crippen molar-refractivity contribution in [1.29, 1.82) is 0 Å². The topological polar surface area (TPSA) is 58.4 Å². The number of methoxy groups -OCH3 is 1. The van der Waals surface area contributed by atoms with Crippen molar-refractivity contribution >= 4 is 46.6 Å². The summed E-state index contributed by atoms with van der Waals surface area (Å²) < 4.78 is 12.9. The molecule has 0 aliphatic heterocycles. The molecule has 0 amide bonds. The molecule has 0 saturated heterocycles. The normalized spacial score (nSPS) is 11.2. The number of fused-ring (bicyclic) bond motifs is 1. The molecule has 3 aromatic rings. The Morgan fingerprint density at radius 2 is 1.83 bits per heavy atom. The highest BCUT2D eigenvalue weighted by Crippen LogP contribution is 2.29. The molecule has 9 heteroatoms. The van der Waals surface area contributed by atoms with E-state index in [9.17, 15) is 0 Å². The lowest BCUT2D eigenvalue weighted by atomic mass is 10.2. The smallest absolute Gasteiger partial charge is 0.245 e. The van der Waals surface area contributed by atoms with Gasteiger partial charge < -0.3 is 14.3 Å². The molecule has 0 fully saturated rings. The number of halogens is 2. The van der Waals surface area contributed by atoms with Crippen molar-refractivity contribution in [2.45, 2.75) is 39.2 Å². The third kappa shape index (κ3) is 7.57. The largest absolute Gasteiger partial charge is 0.479 e. The minimum absolute atomic E-state index is 0.259. The van der Waals surface area contributed by atoms with Crippen LogP contribution in [0, 0.1) is 6.92 Å². The van der Waals surface area contributed by atoms with Crippen LogP contribution >= 0.6 is 27.5 Å². The monoisotopic (exact) mass is 513 g/mol. The van der Waals surface area contributed by atoms with Crippen LogP contribution in [0.25, 0.3) is 11.0 Å². The van der Waals surface area contributed by atoms with Crippen LogP contribution in [0.4, 0.5) is 0 Å². The zero-order valence-corrected chi connectivity index (χ0v) is 21.5. The van der Waals surface area contributed by atoms with E-state index in [4.69, 9.17) is 25.9 Å². The predicted molar refractivity (Wildman–Crippen MR) is 128 cm³/mol. The Bertz CT molecular complexity index is 933. The van der Waals surface area contributed by atoms with E-state index >= 15 is 0 Å². The van der Waals surface area contributed by atoms with Gasteiger partial charge in [-0.1, -0.05) is 61.6 Å². The molecule has 3 rings (SSSR count). The molecular formula is C21H29BrClN3O3Si. The fourth-order valence-electron chi connectivity index (χ4n) is 2.56. The Labute approximate surface area is 192 Å². The van der Waals surface area contributed by atoms with Gasteiger partial charge >= 0.3 is 0 Å². The van der Waals surface area contributed by atoms with E-state index in [1.807, 2.05) is 43.5 Å². The molecule has 1 aromatic carbocycles. The second-order valence-corrected chi connectivity index (χ2v) is 14.6. The lowest BCUT2D eigenvalue weighted by Gasteiger charge is -2.16. The maximum Gasteiger partial charge on any atom is 0.245 e. The van der Waals surface area contributed by atoms with Gasteiger partial charge in [-0.05, 0) is 34.5 Å². The van der Waals surface area contributed by atoms with E-state index in [1.54, 1.807) is 11.8 Å². The molecule has 2 aromatic heterocycles. The third-order valence-corrected chi connectivity index (χ3v) is 6.54. The van der Waals surface area contributed by atoms with Crippen molar-refractivity contribution in [2.75, 3.05) is 19.8 Å². The van der Waals surface area contributed by atoms with Gasteiger partial charge in [-0.2, -0.15) is 9.71 Å². The van der Waals surface area contributed by atoms with Crippen LogP contribution in [-0.4, -0.2) is 42.6 Å². The van der Waals surface area contributed by atoms with Gasteiger partial charge in [0, 0.05) is 8.07 Å².